The molecular formula is C11H10N2O. The van der Waals surface area contributed by atoms with Gasteiger partial charge >= 0.3 is 0 Å². The summed E-state index contributed by atoms with van der Waals surface area (Å²) in [6.07, 6.45) is 1.41. The van der Waals surface area contributed by atoms with Crippen LogP contribution in [0.4, 0.5) is 5.69 Å². The highest BCUT2D eigenvalue weighted by atomic mass is 16.1. The molecule has 70 valence electrons. The van der Waals surface area contributed by atoms with E-state index in [1.54, 1.807) is 0 Å². The van der Waals surface area contributed by atoms with Gasteiger partial charge < -0.3 is 5.32 Å². The third-order valence-corrected chi connectivity index (χ3v) is 1.66. The Hall–Kier alpha value is -2.08. The highest BCUT2D eigenvalue weighted by Crippen LogP contribution is 2.05. The highest BCUT2D eigenvalue weighted by Gasteiger charge is 2.00. The standard InChI is InChI=1S/C11H10N2O/c1-9(14)10(7-12)8-13-11-5-3-2-4-6-11/h2-6,8,13H,1H3/b10-8-. The summed E-state index contributed by atoms with van der Waals surface area (Å²) >= 11 is 0. The van der Waals surface area contributed by atoms with Gasteiger partial charge in [0.25, 0.3) is 0 Å². The monoisotopic (exact) mass is 186 g/mol. The number of ketones is 1. The second-order valence-electron chi connectivity index (χ2n) is 2.74. The molecule has 1 aromatic carbocycles. The molecule has 0 amide bonds. The molecule has 14 heavy (non-hydrogen) atoms. The van der Waals surface area contributed by atoms with Crippen LogP contribution in [0.15, 0.2) is 42.1 Å². The van der Waals surface area contributed by atoms with E-state index >= 15 is 0 Å². The van der Waals surface area contributed by atoms with Gasteiger partial charge in [-0.05, 0) is 19.1 Å². The fourth-order valence-electron chi connectivity index (χ4n) is 0.903. The number of para-hydroxylation sites is 1. The van der Waals surface area contributed by atoms with Crippen LogP contribution >= 0.6 is 0 Å². The van der Waals surface area contributed by atoms with Gasteiger partial charge in [-0.1, -0.05) is 18.2 Å². The molecule has 0 fully saturated rings. The van der Waals surface area contributed by atoms with Crippen molar-refractivity contribution in [1.82, 2.24) is 0 Å². The number of rotatable bonds is 3. The Morgan fingerprint density at radius 2 is 2.07 bits per heavy atom. The van der Waals surface area contributed by atoms with Crippen LogP contribution in [-0.4, -0.2) is 5.78 Å². The van der Waals surface area contributed by atoms with Crippen molar-refractivity contribution in [1.29, 1.82) is 5.26 Å². The lowest BCUT2D eigenvalue weighted by Gasteiger charge is -1.99. The number of allylic oxidation sites excluding steroid dienone is 1. The van der Waals surface area contributed by atoms with Crippen molar-refractivity contribution < 1.29 is 4.79 Å². The second-order valence-corrected chi connectivity index (χ2v) is 2.74. The van der Waals surface area contributed by atoms with Gasteiger partial charge in [0.15, 0.2) is 5.78 Å². The van der Waals surface area contributed by atoms with Crippen LogP contribution < -0.4 is 5.32 Å². The van der Waals surface area contributed by atoms with E-state index in [-0.39, 0.29) is 11.4 Å². The lowest BCUT2D eigenvalue weighted by Crippen LogP contribution is -1.97. The Morgan fingerprint density at radius 3 is 2.57 bits per heavy atom. The predicted octanol–water partition coefficient (Wildman–Crippen LogP) is 2.09. The summed E-state index contributed by atoms with van der Waals surface area (Å²) in [4.78, 5) is 10.9. The normalized spacial score (nSPS) is 10.4. The van der Waals surface area contributed by atoms with E-state index in [9.17, 15) is 4.79 Å². The zero-order valence-corrected chi connectivity index (χ0v) is 7.82. The Balaban J connectivity index is 2.73. The fraction of sp³-hybridized carbons (Fsp3) is 0.0909. The SMILES string of the molecule is CC(=O)/C(C#N)=C\Nc1ccccc1. The molecule has 0 unspecified atom stereocenters. The van der Waals surface area contributed by atoms with Crippen LogP contribution in [0.25, 0.3) is 0 Å². The van der Waals surface area contributed by atoms with Crippen LogP contribution in [0, 0.1) is 11.3 Å². The van der Waals surface area contributed by atoms with E-state index in [4.69, 9.17) is 5.26 Å². The molecule has 0 saturated heterocycles. The minimum absolute atomic E-state index is 0.119. The van der Waals surface area contributed by atoms with Gasteiger partial charge in [-0.15, -0.1) is 0 Å². The van der Waals surface area contributed by atoms with Crippen LogP contribution in [0.5, 0.6) is 0 Å². The maximum Gasteiger partial charge on any atom is 0.171 e. The molecule has 3 nitrogen and oxygen atoms in total. The first kappa shape index (κ1) is 10.0. The van der Waals surface area contributed by atoms with E-state index in [0.29, 0.717) is 0 Å². The first-order chi connectivity index (χ1) is 6.74. The molecule has 0 aliphatic rings. The number of hydrogen-bond acceptors (Lipinski definition) is 3. The lowest BCUT2D eigenvalue weighted by molar-refractivity contribution is -0.113. The summed E-state index contributed by atoms with van der Waals surface area (Å²) in [6.45, 7) is 1.36. The molecule has 1 N–H and O–H groups in total. The molecule has 0 heterocycles. The number of carbonyl (C=O) groups excluding carboxylic acids is 1. The number of anilines is 1. The summed E-state index contributed by atoms with van der Waals surface area (Å²) in [6, 6.07) is 11.2. The molecule has 0 saturated carbocycles. The van der Waals surface area contributed by atoms with Gasteiger partial charge in [-0.2, -0.15) is 5.26 Å². The van der Waals surface area contributed by atoms with Gasteiger partial charge in [0.05, 0.1) is 0 Å². The van der Waals surface area contributed by atoms with Gasteiger partial charge in [-0.25, -0.2) is 0 Å². The molecule has 0 aromatic heterocycles. The van der Waals surface area contributed by atoms with Crippen molar-refractivity contribution >= 4 is 11.5 Å². The fourth-order valence-corrected chi connectivity index (χ4v) is 0.903. The summed E-state index contributed by atoms with van der Waals surface area (Å²) in [5.41, 5.74) is 0.968. The average Bonchev–Trinajstić information content (AvgIpc) is 2.20. The minimum atomic E-state index is -0.240. The minimum Gasteiger partial charge on any atom is -0.360 e. The van der Waals surface area contributed by atoms with Crippen LogP contribution in [-0.2, 0) is 4.79 Å². The summed E-state index contributed by atoms with van der Waals surface area (Å²) in [5, 5.41) is 11.5. The van der Waals surface area contributed by atoms with E-state index in [1.807, 2.05) is 36.4 Å². The highest BCUT2D eigenvalue weighted by molar-refractivity contribution is 5.97. The maximum atomic E-state index is 10.9. The molecule has 0 radical (unpaired) electrons. The Kier molecular flexibility index (Phi) is 3.45. The van der Waals surface area contributed by atoms with Gasteiger partial charge in [0.2, 0.25) is 0 Å². The van der Waals surface area contributed by atoms with Gasteiger partial charge in [-0.3, -0.25) is 4.79 Å². The third kappa shape index (κ3) is 2.76. The molecule has 0 atom stereocenters. The van der Waals surface area contributed by atoms with Crippen LogP contribution in [0.3, 0.4) is 0 Å². The Bertz CT molecular complexity index is 387. The zero-order valence-electron chi connectivity index (χ0n) is 7.82. The molecular weight excluding hydrogens is 176 g/mol. The van der Waals surface area contributed by atoms with Crippen molar-refractivity contribution in [2.45, 2.75) is 6.92 Å². The third-order valence-electron chi connectivity index (χ3n) is 1.66. The molecule has 0 aliphatic carbocycles. The molecule has 1 rings (SSSR count). The summed E-state index contributed by atoms with van der Waals surface area (Å²) in [7, 11) is 0. The number of benzene rings is 1. The van der Waals surface area contributed by atoms with Crippen LogP contribution in [0.1, 0.15) is 6.92 Å². The quantitative estimate of drug-likeness (QED) is 0.581. The number of hydrogen-bond donors (Lipinski definition) is 1. The molecule has 1 aromatic rings. The topological polar surface area (TPSA) is 52.9 Å². The first-order valence-electron chi connectivity index (χ1n) is 4.17. The van der Waals surface area contributed by atoms with E-state index < -0.39 is 0 Å². The molecule has 0 aliphatic heterocycles. The smallest absolute Gasteiger partial charge is 0.171 e. The number of carbonyl (C=O) groups is 1. The maximum absolute atomic E-state index is 10.9. The van der Waals surface area contributed by atoms with E-state index in [1.165, 1.54) is 13.1 Å². The molecule has 3 heteroatoms. The zero-order chi connectivity index (χ0) is 10.4. The number of nitrogens with zero attached hydrogens (tertiary/aromatic N) is 1. The second kappa shape index (κ2) is 4.83. The van der Waals surface area contributed by atoms with Crippen LogP contribution in [0.2, 0.25) is 0 Å². The summed E-state index contributed by atoms with van der Waals surface area (Å²) < 4.78 is 0. The Morgan fingerprint density at radius 1 is 1.43 bits per heavy atom. The lowest BCUT2D eigenvalue weighted by atomic mass is 10.2. The molecule has 0 spiro atoms. The number of nitrogens with one attached hydrogen (secondary N) is 1. The van der Waals surface area contributed by atoms with Gasteiger partial charge in [0, 0.05) is 11.9 Å². The number of Topliss-reactive ketones (excluding diaryl/α,β-unsaturated/α-hetero) is 1. The van der Waals surface area contributed by atoms with Crippen molar-refractivity contribution in [2.75, 3.05) is 5.32 Å². The van der Waals surface area contributed by atoms with Crippen molar-refractivity contribution in [3.05, 3.63) is 42.1 Å². The largest absolute Gasteiger partial charge is 0.360 e. The molecule has 0 bridgehead atoms. The van der Waals surface area contributed by atoms with Gasteiger partial charge in [0.1, 0.15) is 11.6 Å². The van der Waals surface area contributed by atoms with E-state index in [0.717, 1.165) is 5.69 Å². The van der Waals surface area contributed by atoms with Crippen molar-refractivity contribution in [2.24, 2.45) is 0 Å². The first-order valence-corrected chi connectivity index (χ1v) is 4.17. The average molecular weight is 186 g/mol. The van der Waals surface area contributed by atoms with E-state index in [2.05, 4.69) is 5.32 Å². The van der Waals surface area contributed by atoms with Crippen molar-refractivity contribution in [3.8, 4) is 6.07 Å². The number of nitriles is 1. The van der Waals surface area contributed by atoms with Crippen molar-refractivity contribution in [3.63, 3.8) is 0 Å². The predicted molar refractivity (Wildman–Crippen MR) is 54.4 cm³/mol. The summed E-state index contributed by atoms with van der Waals surface area (Å²) in [5.74, 6) is -0.240. The Labute approximate surface area is 82.7 Å².